The summed E-state index contributed by atoms with van der Waals surface area (Å²) in [7, 11) is 0. The van der Waals surface area contributed by atoms with E-state index in [0.29, 0.717) is 30.0 Å². The predicted octanol–water partition coefficient (Wildman–Crippen LogP) is 3.58. The molecule has 3 aromatic heterocycles. The molecule has 1 unspecified atom stereocenters. The van der Waals surface area contributed by atoms with Crippen molar-refractivity contribution in [2.75, 3.05) is 23.8 Å². The Morgan fingerprint density at radius 2 is 1.82 bits per heavy atom. The molecule has 0 saturated heterocycles. The zero-order chi connectivity index (χ0) is 26.2. The highest BCUT2D eigenvalue weighted by Gasteiger charge is 2.41. The molecular weight excluding hydrogens is 500 g/mol. The van der Waals surface area contributed by atoms with Crippen molar-refractivity contribution in [1.82, 2.24) is 19.9 Å². The van der Waals surface area contributed by atoms with Gasteiger partial charge in [-0.3, -0.25) is 4.98 Å². The second-order valence-corrected chi connectivity index (χ2v) is 11.5. The van der Waals surface area contributed by atoms with Crippen LogP contribution in [0, 0.1) is 18.8 Å². The van der Waals surface area contributed by atoms with Crippen LogP contribution < -0.4 is 10.6 Å². The third-order valence-electron chi connectivity index (χ3n) is 7.91. The Balaban J connectivity index is 1.24. The summed E-state index contributed by atoms with van der Waals surface area (Å²) in [5, 5.41) is 38.2. The SMILES string of the molecule is Cc1nc(NCC2CC(c3ccccc3)C2)nc(NC2C[C@H](CO)[C@@H](O)[C@H]2O)c1-c1nc2cnccc2s1. The summed E-state index contributed by atoms with van der Waals surface area (Å²) in [5.74, 6) is 1.84. The quantitative estimate of drug-likeness (QED) is 0.231. The van der Waals surface area contributed by atoms with E-state index in [9.17, 15) is 15.3 Å². The van der Waals surface area contributed by atoms with Crippen LogP contribution in [0.3, 0.4) is 0 Å². The number of nitrogens with zero attached hydrogens (tertiary/aromatic N) is 4. The van der Waals surface area contributed by atoms with Crippen molar-refractivity contribution < 1.29 is 15.3 Å². The number of anilines is 2. The molecule has 38 heavy (non-hydrogen) atoms. The molecule has 0 radical (unpaired) electrons. The number of aromatic nitrogens is 4. The highest BCUT2D eigenvalue weighted by Crippen LogP contribution is 2.42. The number of thiazole rings is 1. The maximum atomic E-state index is 10.7. The first-order valence-corrected chi connectivity index (χ1v) is 13.9. The number of rotatable bonds is 8. The van der Waals surface area contributed by atoms with Gasteiger partial charge in [-0.1, -0.05) is 30.3 Å². The molecular formula is C28H32N6O3S. The number of pyridine rings is 1. The summed E-state index contributed by atoms with van der Waals surface area (Å²) in [6.07, 6.45) is 4.16. The normalized spacial score (nSPS) is 26.8. The maximum absolute atomic E-state index is 10.7. The molecule has 10 heteroatoms. The lowest BCUT2D eigenvalue weighted by atomic mass is 9.71. The summed E-state index contributed by atoms with van der Waals surface area (Å²) >= 11 is 1.53. The molecule has 2 fully saturated rings. The lowest BCUT2D eigenvalue weighted by Crippen LogP contribution is -2.36. The van der Waals surface area contributed by atoms with Crippen LogP contribution in [0.4, 0.5) is 11.8 Å². The summed E-state index contributed by atoms with van der Waals surface area (Å²) in [6.45, 7) is 2.53. The van der Waals surface area contributed by atoms with Gasteiger partial charge >= 0.3 is 0 Å². The molecule has 4 atom stereocenters. The number of nitrogens with one attached hydrogen (secondary N) is 2. The topological polar surface area (TPSA) is 136 Å². The van der Waals surface area contributed by atoms with Crippen LogP contribution in [0.5, 0.6) is 0 Å². The molecule has 9 nitrogen and oxygen atoms in total. The van der Waals surface area contributed by atoms with Gasteiger partial charge < -0.3 is 26.0 Å². The van der Waals surface area contributed by atoms with E-state index < -0.39 is 24.2 Å². The Labute approximate surface area is 225 Å². The molecule has 1 aromatic carbocycles. The molecule has 2 aliphatic rings. The number of aliphatic hydroxyl groups is 3. The van der Waals surface area contributed by atoms with E-state index in [-0.39, 0.29) is 6.61 Å². The van der Waals surface area contributed by atoms with E-state index in [1.54, 1.807) is 12.4 Å². The zero-order valence-corrected chi connectivity index (χ0v) is 22.0. The number of aryl methyl sites for hydroxylation is 1. The Morgan fingerprint density at radius 3 is 2.55 bits per heavy atom. The monoisotopic (exact) mass is 532 g/mol. The number of fused-ring (bicyclic) bond motifs is 1. The van der Waals surface area contributed by atoms with Crippen LogP contribution in [-0.4, -0.2) is 66.7 Å². The van der Waals surface area contributed by atoms with Crippen molar-refractivity contribution in [3.05, 3.63) is 60.0 Å². The fourth-order valence-corrected chi connectivity index (χ4v) is 6.69. The average Bonchev–Trinajstić information content (AvgIpc) is 3.44. The molecule has 2 aliphatic carbocycles. The van der Waals surface area contributed by atoms with Crippen LogP contribution in [0.15, 0.2) is 48.8 Å². The number of aliphatic hydroxyl groups excluding tert-OH is 3. The van der Waals surface area contributed by atoms with Crippen molar-refractivity contribution in [2.24, 2.45) is 11.8 Å². The zero-order valence-electron chi connectivity index (χ0n) is 21.2. The Hall–Kier alpha value is -3.18. The van der Waals surface area contributed by atoms with Gasteiger partial charge in [0.1, 0.15) is 22.4 Å². The highest BCUT2D eigenvalue weighted by atomic mass is 32.1. The molecule has 0 bridgehead atoms. The van der Waals surface area contributed by atoms with Gasteiger partial charge in [0, 0.05) is 25.3 Å². The minimum Gasteiger partial charge on any atom is -0.396 e. The van der Waals surface area contributed by atoms with Crippen LogP contribution in [0.2, 0.25) is 0 Å². The number of benzene rings is 1. The van der Waals surface area contributed by atoms with Gasteiger partial charge in [0.15, 0.2) is 0 Å². The first-order chi connectivity index (χ1) is 18.5. The van der Waals surface area contributed by atoms with Gasteiger partial charge in [0.05, 0.1) is 34.3 Å². The molecule has 198 valence electrons. The minimum atomic E-state index is -1.02. The summed E-state index contributed by atoms with van der Waals surface area (Å²) < 4.78 is 1.01. The van der Waals surface area contributed by atoms with Crippen LogP contribution >= 0.6 is 11.3 Å². The van der Waals surface area contributed by atoms with Crippen molar-refractivity contribution in [2.45, 2.75) is 50.4 Å². The molecule has 4 aromatic rings. The second-order valence-electron chi connectivity index (χ2n) is 10.5. The van der Waals surface area contributed by atoms with Gasteiger partial charge in [-0.25, -0.2) is 9.97 Å². The van der Waals surface area contributed by atoms with Gasteiger partial charge in [-0.15, -0.1) is 11.3 Å². The van der Waals surface area contributed by atoms with E-state index >= 15 is 0 Å². The fourth-order valence-electron chi connectivity index (χ4n) is 5.66. The molecule has 6 rings (SSSR count). The van der Waals surface area contributed by atoms with Crippen LogP contribution in [0.25, 0.3) is 20.8 Å². The average molecular weight is 533 g/mol. The molecule has 0 spiro atoms. The molecule has 5 N–H and O–H groups in total. The molecule has 0 aliphatic heterocycles. The van der Waals surface area contributed by atoms with E-state index in [0.717, 1.165) is 45.9 Å². The first-order valence-electron chi connectivity index (χ1n) is 13.1. The standard InChI is InChI=1S/C28H32N6O3S/c1-15-23(27-33-21-13-29-8-7-22(21)38-27)26(32-20-11-19(14-35)24(36)25(20)37)34-28(31-15)30-12-16-9-18(10-16)17-5-3-2-4-6-17/h2-8,13,16,18-20,24-25,35-37H,9-12,14H2,1H3,(H2,30,31,32,34)/t16?,18?,19-,20?,24-,25+/m1/s1. The third-order valence-corrected chi connectivity index (χ3v) is 8.96. The van der Waals surface area contributed by atoms with Crippen LogP contribution in [-0.2, 0) is 0 Å². The Kier molecular flexibility index (Phi) is 6.96. The maximum Gasteiger partial charge on any atom is 0.224 e. The van der Waals surface area contributed by atoms with E-state index in [1.165, 1.54) is 16.9 Å². The van der Waals surface area contributed by atoms with E-state index in [1.807, 2.05) is 13.0 Å². The van der Waals surface area contributed by atoms with Crippen molar-refractivity contribution in [3.63, 3.8) is 0 Å². The number of hydrogen-bond acceptors (Lipinski definition) is 10. The van der Waals surface area contributed by atoms with Gasteiger partial charge in [0.25, 0.3) is 0 Å². The molecule has 2 saturated carbocycles. The summed E-state index contributed by atoms with van der Waals surface area (Å²) in [5.41, 5.74) is 3.73. The predicted molar refractivity (Wildman–Crippen MR) is 148 cm³/mol. The Morgan fingerprint density at radius 1 is 1.00 bits per heavy atom. The summed E-state index contributed by atoms with van der Waals surface area (Å²) in [6, 6.07) is 12.1. The van der Waals surface area contributed by atoms with E-state index in [4.69, 9.17) is 15.0 Å². The van der Waals surface area contributed by atoms with E-state index in [2.05, 4.69) is 45.9 Å². The second kappa shape index (κ2) is 10.5. The summed E-state index contributed by atoms with van der Waals surface area (Å²) in [4.78, 5) is 18.5. The van der Waals surface area contributed by atoms with Crippen molar-refractivity contribution in [3.8, 4) is 10.6 Å². The Bertz CT molecular complexity index is 1380. The fraction of sp³-hybridized carbons (Fsp3) is 0.429. The van der Waals surface area contributed by atoms with Gasteiger partial charge in [-0.05, 0) is 49.7 Å². The van der Waals surface area contributed by atoms with Gasteiger partial charge in [-0.2, -0.15) is 4.98 Å². The van der Waals surface area contributed by atoms with Crippen molar-refractivity contribution in [1.29, 1.82) is 0 Å². The third kappa shape index (κ3) is 4.84. The van der Waals surface area contributed by atoms with Gasteiger partial charge in [0.2, 0.25) is 5.95 Å². The highest BCUT2D eigenvalue weighted by molar-refractivity contribution is 7.21. The lowest BCUT2D eigenvalue weighted by molar-refractivity contribution is 0.00446. The smallest absolute Gasteiger partial charge is 0.224 e. The molecule has 0 amide bonds. The van der Waals surface area contributed by atoms with Crippen molar-refractivity contribution >= 4 is 33.3 Å². The molecule has 3 heterocycles. The number of hydrogen-bond donors (Lipinski definition) is 5. The lowest BCUT2D eigenvalue weighted by Gasteiger charge is -2.35. The van der Waals surface area contributed by atoms with Crippen LogP contribution in [0.1, 0.15) is 36.4 Å². The largest absolute Gasteiger partial charge is 0.396 e. The minimum absolute atomic E-state index is 0.185. The first kappa shape index (κ1) is 25.1.